The molecule has 18 heavy (non-hydrogen) atoms. The summed E-state index contributed by atoms with van der Waals surface area (Å²) in [5.74, 6) is -0.545. The summed E-state index contributed by atoms with van der Waals surface area (Å²) < 4.78 is 59.9. The van der Waals surface area contributed by atoms with Crippen molar-refractivity contribution in [3.05, 3.63) is 35.9 Å². The quantitative estimate of drug-likeness (QED) is 0.921. The van der Waals surface area contributed by atoms with Crippen molar-refractivity contribution in [1.29, 1.82) is 0 Å². The van der Waals surface area contributed by atoms with Crippen molar-refractivity contribution >= 4 is 10.0 Å². The molecule has 1 aromatic rings. The Morgan fingerprint density at radius 3 is 2.11 bits per heavy atom. The summed E-state index contributed by atoms with van der Waals surface area (Å²) in [6.07, 6.45) is -5.43. The average molecular weight is 281 g/mol. The second-order valence-electron chi connectivity index (χ2n) is 4.17. The van der Waals surface area contributed by atoms with Crippen molar-refractivity contribution in [3.8, 4) is 0 Å². The molecule has 0 aliphatic heterocycles. The first-order valence-corrected chi connectivity index (χ1v) is 6.86. The molecule has 0 amide bonds. The van der Waals surface area contributed by atoms with Crippen LogP contribution in [-0.2, 0) is 10.0 Å². The second kappa shape index (κ2) is 5.27. The van der Waals surface area contributed by atoms with Gasteiger partial charge in [0.15, 0.2) is 5.25 Å². The number of hydrogen-bond acceptors (Lipinski definition) is 2. The van der Waals surface area contributed by atoms with Crippen molar-refractivity contribution in [3.63, 3.8) is 0 Å². The molecule has 0 saturated carbocycles. The Morgan fingerprint density at radius 2 is 1.72 bits per heavy atom. The summed E-state index contributed by atoms with van der Waals surface area (Å²) in [5, 5.41) is 2.12. The summed E-state index contributed by atoms with van der Waals surface area (Å²) in [6.45, 7) is 1.54. The highest BCUT2D eigenvalue weighted by Gasteiger charge is 2.47. The van der Waals surface area contributed by atoms with Gasteiger partial charge in [0.05, 0.1) is 0 Å². The van der Waals surface area contributed by atoms with E-state index in [1.54, 1.807) is 37.3 Å². The lowest BCUT2D eigenvalue weighted by molar-refractivity contribution is -0.132. The van der Waals surface area contributed by atoms with Gasteiger partial charge in [-0.25, -0.2) is 13.6 Å². The fourth-order valence-electron chi connectivity index (χ4n) is 1.69. The zero-order valence-electron chi connectivity index (χ0n) is 9.68. The van der Waals surface area contributed by atoms with Crippen LogP contribution in [0.25, 0.3) is 0 Å². The van der Waals surface area contributed by atoms with Gasteiger partial charge in [0.1, 0.15) is 0 Å². The van der Waals surface area contributed by atoms with Crippen LogP contribution in [0.2, 0.25) is 0 Å². The third kappa shape index (κ3) is 3.99. The molecule has 102 valence electrons. The molecule has 0 bridgehead atoms. The Labute approximate surface area is 104 Å². The highest BCUT2D eigenvalue weighted by molar-refractivity contribution is 7.89. The van der Waals surface area contributed by atoms with Crippen molar-refractivity contribution in [2.45, 2.75) is 30.7 Å². The van der Waals surface area contributed by atoms with E-state index in [2.05, 4.69) is 5.14 Å². The average Bonchev–Trinajstić information content (AvgIpc) is 2.23. The minimum absolute atomic E-state index is 0.545. The van der Waals surface area contributed by atoms with Gasteiger partial charge in [-0.15, -0.1) is 0 Å². The molecule has 2 unspecified atom stereocenters. The number of rotatable bonds is 4. The normalized spacial score (nSPS) is 16.3. The summed E-state index contributed by atoms with van der Waals surface area (Å²) >= 11 is 0. The van der Waals surface area contributed by atoms with Crippen LogP contribution in [0.5, 0.6) is 0 Å². The first-order chi connectivity index (χ1) is 8.12. The maximum atomic E-state index is 12.6. The Hall–Kier alpha value is -1.08. The Morgan fingerprint density at radius 1 is 1.22 bits per heavy atom. The number of primary sulfonamides is 1. The molecule has 7 heteroatoms. The molecule has 0 radical (unpaired) electrons. The zero-order chi connectivity index (χ0) is 14.0. The Kier molecular flexibility index (Phi) is 4.39. The highest BCUT2D eigenvalue weighted by Crippen LogP contribution is 2.32. The van der Waals surface area contributed by atoms with E-state index in [4.69, 9.17) is 0 Å². The lowest BCUT2D eigenvalue weighted by Crippen LogP contribution is -2.41. The monoisotopic (exact) mass is 281 g/mol. The van der Waals surface area contributed by atoms with E-state index < -0.39 is 33.8 Å². The van der Waals surface area contributed by atoms with E-state index in [0.29, 0.717) is 5.56 Å². The maximum Gasteiger partial charge on any atom is 0.406 e. The third-order valence-electron chi connectivity index (χ3n) is 2.70. The lowest BCUT2D eigenvalue weighted by atomic mass is 9.96. The van der Waals surface area contributed by atoms with Gasteiger partial charge in [0.2, 0.25) is 10.0 Å². The first kappa shape index (κ1) is 15.0. The molecule has 0 aromatic heterocycles. The van der Waals surface area contributed by atoms with Crippen molar-refractivity contribution in [2.75, 3.05) is 0 Å². The molecule has 3 nitrogen and oxygen atoms in total. The number of hydrogen-bond donors (Lipinski definition) is 1. The standard InChI is InChI=1S/C11H14F3NO2S/c1-8(9-5-3-2-4-6-9)7-10(11(12,13)14)18(15,16)17/h2-6,8,10H,7H2,1H3,(H2,15,16,17). The van der Waals surface area contributed by atoms with Crippen molar-refractivity contribution in [2.24, 2.45) is 5.14 Å². The van der Waals surface area contributed by atoms with E-state index in [-0.39, 0.29) is 0 Å². The van der Waals surface area contributed by atoms with Crippen LogP contribution in [0.3, 0.4) is 0 Å². The van der Waals surface area contributed by atoms with E-state index in [0.717, 1.165) is 0 Å². The number of nitrogens with two attached hydrogens (primary N) is 1. The SMILES string of the molecule is CC(CC(C(F)(F)F)S(N)(=O)=O)c1ccccc1. The molecule has 0 aliphatic rings. The molecular formula is C11H14F3NO2S. The molecule has 0 spiro atoms. The molecule has 2 N–H and O–H groups in total. The van der Waals surface area contributed by atoms with Gasteiger partial charge in [-0.2, -0.15) is 13.2 Å². The van der Waals surface area contributed by atoms with Crippen LogP contribution in [0.15, 0.2) is 30.3 Å². The molecule has 1 aromatic carbocycles. The Balaban J connectivity index is 2.93. The maximum absolute atomic E-state index is 12.6. The molecular weight excluding hydrogens is 267 g/mol. The fourth-order valence-corrected chi connectivity index (χ4v) is 2.62. The number of halogens is 3. The van der Waals surface area contributed by atoms with Gasteiger partial charge in [-0.05, 0) is 17.9 Å². The summed E-state index contributed by atoms with van der Waals surface area (Å²) in [7, 11) is -4.65. The molecule has 0 aliphatic carbocycles. The van der Waals surface area contributed by atoms with Crippen LogP contribution in [-0.4, -0.2) is 19.8 Å². The minimum Gasteiger partial charge on any atom is -0.228 e. The number of alkyl halides is 3. The van der Waals surface area contributed by atoms with Crippen molar-refractivity contribution in [1.82, 2.24) is 0 Å². The van der Waals surface area contributed by atoms with Crippen molar-refractivity contribution < 1.29 is 21.6 Å². The number of sulfonamides is 1. The lowest BCUT2D eigenvalue weighted by Gasteiger charge is -2.21. The summed E-state index contributed by atoms with van der Waals surface area (Å²) in [6, 6.07) is 8.41. The van der Waals surface area contributed by atoms with Crippen LogP contribution in [0.1, 0.15) is 24.8 Å². The van der Waals surface area contributed by atoms with Gasteiger partial charge < -0.3 is 0 Å². The molecule has 1 rings (SSSR count). The minimum atomic E-state index is -4.85. The zero-order valence-corrected chi connectivity index (χ0v) is 10.5. The predicted octanol–water partition coefficient (Wildman–Crippen LogP) is 2.40. The van der Waals surface area contributed by atoms with Crippen LogP contribution >= 0.6 is 0 Å². The third-order valence-corrected chi connectivity index (χ3v) is 3.95. The van der Waals surface area contributed by atoms with Crippen LogP contribution < -0.4 is 5.14 Å². The smallest absolute Gasteiger partial charge is 0.228 e. The van der Waals surface area contributed by atoms with Crippen LogP contribution in [0, 0.1) is 0 Å². The van der Waals surface area contributed by atoms with Gasteiger partial charge in [-0.1, -0.05) is 37.3 Å². The fraction of sp³-hybridized carbons (Fsp3) is 0.455. The molecule has 0 fully saturated rings. The molecule has 0 heterocycles. The topological polar surface area (TPSA) is 60.2 Å². The van der Waals surface area contributed by atoms with Gasteiger partial charge >= 0.3 is 6.18 Å². The van der Waals surface area contributed by atoms with E-state index in [1.807, 2.05) is 0 Å². The summed E-state index contributed by atoms with van der Waals surface area (Å²) in [5.41, 5.74) is 0.649. The molecule has 0 saturated heterocycles. The summed E-state index contributed by atoms with van der Waals surface area (Å²) in [4.78, 5) is 0. The number of benzene rings is 1. The second-order valence-corrected chi connectivity index (χ2v) is 5.91. The van der Waals surface area contributed by atoms with E-state index in [9.17, 15) is 21.6 Å². The largest absolute Gasteiger partial charge is 0.406 e. The Bertz CT molecular complexity index is 485. The van der Waals surface area contributed by atoms with E-state index >= 15 is 0 Å². The van der Waals surface area contributed by atoms with Gasteiger partial charge in [0.25, 0.3) is 0 Å². The van der Waals surface area contributed by atoms with E-state index in [1.165, 1.54) is 0 Å². The highest BCUT2D eigenvalue weighted by atomic mass is 32.2. The molecule has 2 atom stereocenters. The van der Waals surface area contributed by atoms with Gasteiger partial charge in [-0.3, -0.25) is 0 Å². The predicted molar refractivity (Wildman–Crippen MR) is 62.4 cm³/mol. The first-order valence-electron chi connectivity index (χ1n) is 5.25. The van der Waals surface area contributed by atoms with Crippen LogP contribution in [0.4, 0.5) is 13.2 Å². The van der Waals surface area contributed by atoms with Gasteiger partial charge in [0, 0.05) is 0 Å².